The Hall–Kier alpha value is -2.15. The molecule has 0 aliphatic carbocycles. The fourth-order valence-electron chi connectivity index (χ4n) is 2.58. The van der Waals surface area contributed by atoms with Gasteiger partial charge in [-0.15, -0.1) is 0 Å². The molecular weight excluding hydrogens is 356 g/mol. The van der Waals surface area contributed by atoms with E-state index < -0.39 is 0 Å². The van der Waals surface area contributed by atoms with Crippen LogP contribution in [0.15, 0.2) is 42.1 Å². The van der Waals surface area contributed by atoms with Gasteiger partial charge in [0.2, 0.25) is 5.78 Å². The molecule has 0 atom stereocenters. The van der Waals surface area contributed by atoms with E-state index in [1.165, 1.54) is 0 Å². The number of nitriles is 2. The van der Waals surface area contributed by atoms with Crippen molar-refractivity contribution >= 4 is 5.78 Å². The number of ketones is 1. The first-order valence-electron chi connectivity index (χ1n) is 7.24. The summed E-state index contributed by atoms with van der Waals surface area (Å²) in [5.41, 5.74) is 0.872. The van der Waals surface area contributed by atoms with Gasteiger partial charge < -0.3 is 26.4 Å². The van der Waals surface area contributed by atoms with Gasteiger partial charge in [0, 0.05) is 11.8 Å². The highest BCUT2D eigenvalue weighted by Gasteiger charge is 2.30. The van der Waals surface area contributed by atoms with Crippen LogP contribution in [0.4, 0.5) is 0 Å². The van der Waals surface area contributed by atoms with Crippen LogP contribution in [0.25, 0.3) is 0 Å². The summed E-state index contributed by atoms with van der Waals surface area (Å²) in [5, 5.41) is 17.6. The molecule has 1 aliphatic rings. The molecule has 0 radical (unpaired) electrons. The van der Waals surface area contributed by atoms with Gasteiger partial charge in [0.1, 0.15) is 24.3 Å². The number of likely N-dealkylation sites (N-methyl/N-ethyl adjacent to an activating group) is 1. The smallest absolute Gasteiger partial charge is 0.216 e. The predicted molar refractivity (Wildman–Crippen MR) is 82.4 cm³/mol. The summed E-state index contributed by atoms with van der Waals surface area (Å²) < 4.78 is 0.687. The fraction of sp³-hybridized carbons (Fsp3) is 0.353. The Morgan fingerprint density at radius 2 is 1.78 bits per heavy atom. The third kappa shape index (κ3) is 5.21. The first-order chi connectivity index (χ1) is 10.6. The van der Waals surface area contributed by atoms with E-state index in [9.17, 15) is 4.79 Å². The Kier molecular flexibility index (Phi) is 6.96. The van der Waals surface area contributed by atoms with Gasteiger partial charge in [0.15, 0.2) is 0 Å². The van der Waals surface area contributed by atoms with Gasteiger partial charge in [-0.05, 0) is 0 Å². The molecule has 0 aromatic heterocycles. The van der Waals surface area contributed by atoms with Crippen LogP contribution in [0.3, 0.4) is 0 Å². The predicted octanol–water partition coefficient (Wildman–Crippen LogP) is -1.43. The number of allylic oxidation sites excluding steroid dienone is 1. The van der Waals surface area contributed by atoms with Crippen LogP contribution in [0.1, 0.15) is 10.4 Å². The van der Waals surface area contributed by atoms with E-state index in [-0.39, 0.29) is 28.3 Å². The van der Waals surface area contributed by atoms with E-state index in [0.29, 0.717) is 11.0 Å². The Morgan fingerprint density at radius 1 is 1.22 bits per heavy atom. The number of hydrogen-bond donors (Lipinski definition) is 0. The van der Waals surface area contributed by atoms with Gasteiger partial charge in [-0.2, -0.15) is 10.5 Å². The summed E-state index contributed by atoms with van der Waals surface area (Å²) in [6.45, 7) is 3.60. The molecule has 120 valence electrons. The molecule has 0 saturated carbocycles. The third-order valence-electron chi connectivity index (χ3n) is 4.03. The number of piperazine rings is 1. The second kappa shape index (κ2) is 8.47. The van der Waals surface area contributed by atoms with Crippen molar-refractivity contribution in [1.29, 1.82) is 10.5 Å². The van der Waals surface area contributed by atoms with Crippen LogP contribution in [0.5, 0.6) is 0 Å². The second-order valence-corrected chi connectivity index (χ2v) is 5.82. The van der Waals surface area contributed by atoms with Crippen LogP contribution < -0.4 is 17.0 Å². The SMILES string of the molecule is C[N+]1(CC(=O)c2ccccc2)CCN(C=C(C#N)C#N)CC1.[Br-]. The minimum Gasteiger partial charge on any atom is -1.00 e. The second-order valence-electron chi connectivity index (χ2n) is 5.82. The van der Waals surface area contributed by atoms with Crippen molar-refractivity contribution in [3.8, 4) is 12.1 Å². The molecule has 0 amide bonds. The maximum absolute atomic E-state index is 12.3. The molecule has 0 unspecified atom stereocenters. The molecule has 1 saturated heterocycles. The Morgan fingerprint density at radius 3 is 2.30 bits per heavy atom. The number of quaternary nitrogens is 1. The maximum Gasteiger partial charge on any atom is 0.216 e. The fourth-order valence-corrected chi connectivity index (χ4v) is 2.58. The minimum absolute atomic E-state index is 0. The summed E-state index contributed by atoms with van der Waals surface area (Å²) in [5.74, 6) is 0.154. The van der Waals surface area contributed by atoms with Crippen molar-refractivity contribution in [1.82, 2.24) is 4.90 Å². The molecule has 23 heavy (non-hydrogen) atoms. The van der Waals surface area contributed by atoms with Crippen molar-refractivity contribution in [2.75, 3.05) is 39.8 Å². The molecule has 2 rings (SSSR count). The Labute approximate surface area is 147 Å². The van der Waals surface area contributed by atoms with E-state index in [1.54, 1.807) is 6.20 Å². The topological polar surface area (TPSA) is 67.9 Å². The van der Waals surface area contributed by atoms with Crippen molar-refractivity contribution in [2.45, 2.75) is 0 Å². The number of carbonyl (C=O) groups excluding carboxylic acids is 1. The summed E-state index contributed by atoms with van der Waals surface area (Å²) in [7, 11) is 2.08. The highest BCUT2D eigenvalue weighted by molar-refractivity contribution is 5.96. The van der Waals surface area contributed by atoms with Gasteiger partial charge >= 0.3 is 0 Å². The minimum atomic E-state index is 0. The van der Waals surface area contributed by atoms with E-state index >= 15 is 0 Å². The molecule has 1 heterocycles. The molecule has 0 spiro atoms. The average molecular weight is 375 g/mol. The molecule has 1 aliphatic heterocycles. The zero-order valence-corrected chi connectivity index (χ0v) is 14.7. The number of carbonyl (C=O) groups is 1. The van der Waals surface area contributed by atoms with E-state index in [1.807, 2.05) is 47.4 Å². The number of rotatable bonds is 4. The number of halogens is 1. The molecule has 1 aromatic carbocycles. The van der Waals surface area contributed by atoms with Crippen molar-refractivity contribution in [3.05, 3.63) is 47.7 Å². The Bertz CT molecular complexity index is 633. The largest absolute Gasteiger partial charge is 1.00 e. The van der Waals surface area contributed by atoms with Crippen molar-refractivity contribution < 1.29 is 26.3 Å². The van der Waals surface area contributed by atoms with Crippen LogP contribution >= 0.6 is 0 Å². The first kappa shape index (κ1) is 18.9. The number of benzene rings is 1. The lowest BCUT2D eigenvalue weighted by Gasteiger charge is -2.41. The quantitative estimate of drug-likeness (QED) is 0.368. The number of nitrogens with zero attached hydrogens (tertiary/aromatic N) is 4. The van der Waals surface area contributed by atoms with Crippen LogP contribution in [0, 0.1) is 22.7 Å². The monoisotopic (exact) mass is 374 g/mol. The third-order valence-corrected chi connectivity index (χ3v) is 4.03. The van der Waals surface area contributed by atoms with Crippen molar-refractivity contribution in [2.24, 2.45) is 0 Å². The van der Waals surface area contributed by atoms with Crippen LogP contribution in [-0.2, 0) is 0 Å². The molecule has 6 heteroatoms. The van der Waals surface area contributed by atoms with E-state index in [2.05, 4.69) is 7.05 Å². The summed E-state index contributed by atoms with van der Waals surface area (Å²) in [6, 6.07) is 13.1. The molecule has 0 N–H and O–H groups in total. The van der Waals surface area contributed by atoms with Gasteiger partial charge in [-0.1, -0.05) is 30.3 Å². The summed E-state index contributed by atoms with van der Waals surface area (Å²) in [4.78, 5) is 14.3. The highest BCUT2D eigenvalue weighted by Crippen LogP contribution is 2.13. The molecule has 1 fully saturated rings. The maximum atomic E-state index is 12.3. The van der Waals surface area contributed by atoms with Gasteiger partial charge in [0.25, 0.3) is 0 Å². The average Bonchev–Trinajstić information content (AvgIpc) is 2.55. The lowest BCUT2D eigenvalue weighted by atomic mass is 10.1. The number of Topliss-reactive ketones (excluding diaryl/α,β-unsaturated/α-hetero) is 1. The number of hydrogen-bond acceptors (Lipinski definition) is 4. The van der Waals surface area contributed by atoms with E-state index in [4.69, 9.17) is 10.5 Å². The first-order valence-corrected chi connectivity index (χ1v) is 7.24. The lowest BCUT2D eigenvalue weighted by Crippen LogP contribution is -3.00. The molecular formula is C17H19BrN4O. The Balaban J connectivity index is 0.00000264. The van der Waals surface area contributed by atoms with Crippen molar-refractivity contribution in [3.63, 3.8) is 0 Å². The van der Waals surface area contributed by atoms with Gasteiger partial charge in [-0.3, -0.25) is 4.79 Å². The molecule has 0 bridgehead atoms. The molecule has 1 aromatic rings. The zero-order valence-electron chi connectivity index (χ0n) is 13.1. The normalized spacial score (nSPS) is 15.5. The standard InChI is InChI=1S/C17H19N4O.BrH/c1-21(14-17(22)16-5-3-2-4-6-16)9-7-20(8-10-21)13-15(11-18)12-19;/h2-6,13H,7-10,14H2,1H3;1H/q+1;/p-1. The molecule has 5 nitrogen and oxygen atoms in total. The zero-order chi connectivity index (χ0) is 16.0. The summed E-state index contributed by atoms with van der Waals surface area (Å²) in [6.07, 6.45) is 1.61. The van der Waals surface area contributed by atoms with Gasteiger partial charge in [-0.25, -0.2) is 0 Å². The van der Waals surface area contributed by atoms with E-state index in [0.717, 1.165) is 31.7 Å². The van der Waals surface area contributed by atoms with Crippen LogP contribution in [0.2, 0.25) is 0 Å². The summed E-state index contributed by atoms with van der Waals surface area (Å²) >= 11 is 0. The highest BCUT2D eigenvalue weighted by atomic mass is 79.9. The van der Waals surface area contributed by atoms with Crippen LogP contribution in [-0.4, -0.2) is 54.9 Å². The lowest BCUT2D eigenvalue weighted by molar-refractivity contribution is -0.905. The van der Waals surface area contributed by atoms with Gasteiger partial charge in [0.05, 0.1) is 33.2 Å².